The van der Waals surface area contributed by atoms with Crippen molar-refractivity contribution in [3.8, 4) is 5.75 Å². The second kappa shape index (κ2) is 6.61. The number of likely N-dealkylation sites (N-methyl/N-ethyl adjacent to an activating group) is 1. The van der Waals surface area contributed by atoms with Gasteiger partial charge in [0.2, 0.25) is 0 Å². The number of rotatable bonds is 6. The zero-order chi connectivity index (χ0) is 14.5. The maximum Gasteiger partial charge on any atom is 0.140 e. The standard InChI is InChI=1S/C15H23N3O2/c1-3-18(7-6-15(16)17-19)10-13-9-12-8-11(2)4-5-14(12)20-13/h4-5,8,13,19H,3,6-7,9-10H2,1-2H3,(H2,16,17). The summed E-state index contributed by atoms with van der Waals surface area (Å²) in [6.45, 7) is 6.78. The smallest absolute Gasteiger partial charge is 0.140 e. The van der Waals surface area contributed by atoms with E-state index in [2.05, 4.69) is 42.1 Å². The Hall–Kier alpha value is -1.75. The number of nitrogens with zero attached hydrogens (tertiary/aromatic N) is 2. The van der Waals surface area contributed by atoms with Crippen molar-refractivity contribution in [2.45, 2.75) is 32.8 Å². The van der Waals surface area contributed by atoms with E-state index in [1.807, 2.05) is 0 Å². The van der Waals surface area contributed by atoms with Crippen molar-refractivity contribution in [1.82, 2.24) is 4.90 Å². The first kappa shape index (κ1) is 14.7. The normalized spacial score (nSPS) is 18.1. The Morgan fingerprint density at radius 3 is 3.05 bits per heavy atom. The van der Waals surface area contributed by atoms with Gasteiger partial charge in [-0.3, -0.25) is 4.90 Å². The first-order valence-electron chi connectivity index (χ1n) is 7.07. The molecule has 0 aromatic heterocycles. The fraction of sp³-hybridized carbons (Fsp3) is 0.533. The second-order valence-electron chi connectivity index (χ2n) is 5.29. The number of ether oxygens (including phenoxy) is 1. The molecule has 1 heterocycles. The van der Waals surface area contributed by atoms with Crippen LogP contribution in [0.15, 0.2) is 23.4 Å². The lowest BCUT2D eigenvalue weighted by atomic mass is 10.1. The number of hydrogen-bond donors (Lipinski definition) is 2. The van der Waals surface area contributed by atoms with Crippen LogP contribution in [0, 0.1) is 6.92 Å². The van der Waals surface area contributed by atoms with E-state index in [1.54, 1.807) is 0 Å². The topological polar surface area (TPSA) is 71.1 Å². The first-order chi connectivity index (χ1) is 9.62. The first-order valence-corrected chi connectivity index (χ1v) is 7.07. The maximum absolute atomic E-state index is 8.57. The minimum Gasteiger partial charge on any atom is -0.488 e. The van der Waals surface area contributed by atoms with Gasteiger partial charge in [-0.2, -0.15) is 0 Å². The molecule has 0 saturated heterocycles. The van der Waals surface area contributed by atoms with Crippen LogP contribution in [0.4, 0.5) is 0 Å². The van der Waals surface area contributed by atoms with Crippen molar-refractivity contribution in [1.29, 1.82) is 0 Å². The monoisotopic (exact) mass is 277 g/mol. The average Bonchev–Trinajstić information content (AvgIpc) is 2.84. The van der Waals surface area contributed by atoms with Crippen molar-refractivity contribution < 1.29 is 9.94 Å². The Morgan fingerprint density at radius 2 is 2.35 bits per heavy atom. The molecule has 0 spiro atoms. The van der Waals surface area contributed by atoms with Gasteiger partial charge in [0.25, 0.3) is 0 Å². The molecular formula is C15H23N3O2. The third-order valence-electron chi connectivity index (χ3n) is 3.68. The van der Waals surface area contributed by atoms with E-state index >= 15 is 0 Å². The van der Waals surface area contributed by atoms with Gasteiger partial charge in [-0.25, -0.2) is 0 Å². The highest BCUT2D eigenvalue weighted by molar-refractivity contribution is 5.79. The molecule has 1 unspecified atom stereocenters. The van der Waals surface area contributed by atoms with E-state index in [-0.39, 0.29) is 11.9 Å². The summed E-state index contributed by atoms with van der Waals surface area (Å²) in [5.74, 6) is 1.28. The molecule has 5 nitrogen and oxygen atoms in total. The average molecular weight is 277 g/mol. The molecule has 3 N–H and O–H groups in total. The summed E-state index contributed by atoms with van der Waals surface area (Å²) in [6, 6.07) is 6.33. The molecular weight excluding hydrogens is 254 g/mol. The summed E-state index contributed by atoms with van der Waals surface area (Å²) in [5, 5.41) is 11.6. The van der Waals surface area contributed by atoms with Crippen LogP contribution < -0.4 is 10.5 Å². The zero-order valence-corrected chi connectivity index (χ0v) is 12.2. The molecule has 110 valence electrons. The summed E-state index contributed by atoms with van der Waals surface area (Å²) in [4.78, 5) is 2.27. The predicted molar refractivity (Wildman–Crippen MR) is 79.4 cm³/mol. The molecule has 0 amide bonds. The summed E-state index contributed by atoms with van der Waals surface area (Å²) in [7, 11) is 0. The Bertz CT molecular complexity index is 488. The number of nitrogens with two attached hydrogens (primary N) is 1. The van der Waals surface area contributed by atoms with Gasteiger partial charge >= 0.3 is 0 Å². The molecule has 1 aliphatic heterocycles. The molecule has 0 saturated carbocycles. The highest BCUT2D eigenvalue weighted by Crippen LogP contribution is 2.29. The van der Waals surface area contributed by atoms with Crippen LogP contribution in [0.25, 0.3) is 0 Å². The Morgan fingerprint density at radius 1 is 1.55 bits per heavy atom. The Labute approximate surface area is 120 Å². The highest BCUT2D eigenvalue weighted by Gasteiger charge is 2.24. The van der Waals surface area contributed by atoms with Gasteiger partial charge in [-0.05, 0) is 25.1 Å². The van der Waals surface area contributed by atoms with Crippen LogP contribution in [0.1, 0.15) is 24.5 Å². The molecule has 1 atom stereocenters. The van der Waals surface area contributed by atoms with Crippen LogP contribution in [0.5, 0.6) is 5.75 Å². The number of amidine groups is 1. The largest absolute Gasteiger partial charge is 0.488 e. The van der Waals surface area contributed by atoms with E-state index in [9.17, 15) is 0 Å². The molecule has 2 rings (SSSR count). The molecule has 1 aliphatic rings. The predicted octanol–water partition coefficient (Wildman–Crippen LogP) is 1.76. The fourth-order valence-corrected chi connectivity index (χ4v) is 2.54. The Kier molecular flexibility index (Phi) is 4.84. The molecule has 0 bridgehead atoms. The molecule has 0 fully saturated rings. The van der Waals surface area contributed by atoms with E-state index in [1.165, 1.54) is 11.1 Å². The van der Waals surface area contributed by atoms with Crippen LogP contribution in [0.3, 0.4) is 0 Å². The lowest BCUT2D eigenvalue weighted by Gasteiger charge is -2.23. The molecule has 20 heavy (non-hydrogen) atoms. The Balaban J connectivity index is 1.88. The summed E-state index contributed by atoms with van der Waals surface area (Å²) in [5.41, 5.74) is 8.08. The van der Waals surface area contributed by atoms with E-state index in [0.717, 1.165) is 31.8 Å². The molecule has 0 radical (unpaired) electrons. The van der Waals surface area contributed by atoms with Gasteiger partial charge < -0.3 is 15.7 Å². The second-order valence-corrected chi connectivity index (χ2v) is 5.29. The molecule has 0 aliphatic carbocycles. The van der Waals surface area contributed by atoms with Gasteiger partial charge in [-0.15, -0.1) is 0 Å². The van der Waals surface area contributed by atoms with Crippen molar-refractivity contribution in [3.63, 3.8) is 0 Å². The number of fused-ring (bicyclic) bond motifs is 1. The quantitative estimate of drug-likeness (QED) is 0.360. The fourth-order valence-electron chi connectivity index (χ4n) is 2.54. The molecule has 1 aromatic carbocycles. The minimum atomic E-state index is 0.194. The lowest BCUT2D eigenvalue weighted by molar-refractivity contribution is 0.156. The summed E-state index contributed by atoms with van der Waals surface area (Å²) < 4.78 is 5.97. The van der Waals surface area contributed by atoms with Crippen molar-refractivity contribution in [2.75, 3.05) is 19.6 Å². The molecule has 5 heteroatoms. The zero-order valence-electron chi connectivity index (χ0n) is 12.2. The number of oxime groups is 1. The number of hydrogen-bond acceptors (Lipinski definition) is 4. The van der Waals surface area contributed by atoms with Crippen molar-refractivity contribution in [3.05, 3.63) is 29.3 Å². The number of aryl methyl sites for hydroxylation is 1. The number of benzene rings is 1. The third kappa shape index (κ3) is 3.63. The van der Waals surface area contributed by atoms with Gasteiger partial charge in [-0.1, -0.05) is 29.8 Å². The van der Waals surface area contributed by atoms with Crippen LogP contribution in [-0.4, -0.2) is 41.7 Å². The minimum absolute atomic E-state index is 0.194. The maximum atomic E-state index is 8.57. The van der Waals surface area contributed by atoms with E-state index in [4.69, 9.17) is 15.7 Å². The van der Waals surface area contributed by atoms with Gasteiger partial charge in [0, 0.05) is 25.9 Å². The lowest BCUT2D eigenvalue weighted by Crippen LogP contribution is -2.36. The van der Waals surface area contributed by atoms with Gasteiger partial charge in [0.1, 0.15) is 17.7 Å². The van der Waals surface area contributed by atoms with Crippen LogP contribution in [-0.2, 0) is 6.42 Å². The van der Waals surface area contributed by atoms with Crippen molar-refractivity contribution >= 4 is 5.84 Å². The highest BCUT2D eigenvalue weighted by atomic mass is 16.5. The van der Waals surface area contributed by atoms with E-state index in [0.29, 0.717) is 6.42 Å². The van der Waals surface area contributed by atoms with Crippen LogP contribution >= 0.6 is 0 Å². The third-order valence-corrected chi connectivity index (χ3v) is 3.68. The van der Waals surface area contributed by atoms with Gasteiger partial charge in [0.05, 0.1) is 0 Å². The summed E-state index contributed by atoms with van der Waals surface area (Å²) >= 11 is 0. The SMILES string of the molecule is CCN(CCC(N)=NO)CC1Cc2cc(C)ccc2O1. The molecule has 1 aromatic rings. The van der Waals surface area contributed by atoms with E-state index < -0.39 is 0 Å². The van der Waals surface area contributed by atoms with Crippen molar-refractivity contribution in [2.24, 2.45) is 10.9 Å². The summed E-state index contributed by atoms with van der Waals surface area (Å²) in [6.07, 6.45) is 1.72. The van der Waals surface area contributed by atoms with Crippen LogP contribution in [0.2, 0.25) is 0 Å². The van der Waals surface area contributed by atoms with Gasteiger partial charge in [0.15, 0.2) is 0 Å².